The van der Waals surface area contributed by atoms with Gasteiger partial charge in [0.2, 0.25) is 0 Å². The molecule has 1 amide bonds. The number of piperazine rings is 1. The minimum atomic E-state index is -0.534. The van der Waals surface area contributed by atoms with Gasteiger partial charge in [0.1, 0.15) is 17.5 Å². The molecule has 0 saturated carbocycles. The van der Waals surface area contributed by atoms with Gasteiger partial charge in [-0.2, -0.15) is 0 Å². The van der Waals surface area contributed by atoms with Gasteiger partial charge >= 0.3 is 11.8 Å². The van der Waals surface area contributed by atoms with Crippen molar-refractivity contribution in [3.8, 4) is 11.8 Å². The van der Waals surface area contributed by atoms with E-state index in [0.717, 1.165) is 0 Å². The number of hydrogen-bond donors (Lipinski definition) is 0. The number of halogens is 2. The highest BCUT2D eigenvalue weighted by molar-refractivity contribution is 6.42. The van der Waals surface area contributed by atoms with Crippen LogP contribution in [0, 0.1) is 10.1 Å². The summed E-state index contributed by atoms with van der Waals surface area (Å²) in [6.07, 6.45) is 1.39. The van der Waals surface area contributed by atoms with Gasteiger partial charge in [-0.1, -0.05) is 23.2 Å². The van der Waals surface area contributed by atoms with Crippen LogP contribution < -0.4 is 9.47 Å². The maximum atomic E-state index is 12.5. The molecule has 3 heterocycles. The second-order valence-corrected chi connectivity index (χ2v) is 8.65. The van der Waals surface area contributed by atoms with Crippen molar-refractivity contribution in [2.45, 2.75) is 19.1 Å². The van der Waals surface area contributed by atoms with Gasteiger partial charge in [0.05, 0.1) is 16.6 Å². The van der Waals surface area contributed by atoms with E-state index in [1.807, 2.05) is 6.92 Å². The first-order valence-corrected chi connectivity index (χ1v) is 10.5. The lowest BCUT2D eigenvalue weighted by atomic mass is 10.1. The van der Waals surface area contributed by atoms with Crippen molar-refractivity contribution in [3.05, 3.63) is 44.6 Å². The van der Waals surface area contributed by atoms with Crippen LogP contribution >= 0.6 is 23.2 Å². The quantitative estimate of drug-likeness (QED) is 0.472. The van der Waals surface area contributed by atoms with Crippen molar-refractivity contribution < 1.29 is 19.2 Å². The number of ether oxygens (including phenoxy) is 2. The largest absolute Gasteiger partial charge is 0.484 e. The normalized spacial score (nSPS) is 20.9. The van der Waals surface area contributed by atoms with Crippen LogP contribution in [-0.2, 0) is 11.3 Å². The van der Waals surface area contributed by atoms with Crippen molar-refractivity contribution in [1.29, 1.82) is 0 Å². The summed E-state index contributed by atoms with van der Waals surface area (Å²) in [5.74, 6) is 0.180. The van der Waals surface area contributed by atoms with Gasteiger partial charge in [0.15, 0.2) is 6.61 Å². The molecule has 4 rings (SSSR count). The summed E-state index contributed by atoms with van der Waals surface area (Å²) in [5, 5.41) is 11.6. The number of hydrogen-bond acceptors (Lipinski definition) is 7. The number of carbonyl (C=O) groups excluding carboxylic acids is 1. The van der Waals surface area contributed by atoms with Crippen LogP contribution in [0.15, 0.2) is 24.4 Å². The Morgan fingerprint density at radius 1 is 1.29 bits per heavy atom. The van der Waals surface area contributed by atoms with Gasteiger partial charge in [-0.3, -0.25) is 14.3 Å². The lowest BCUT2D eigenvalue weighted by Crippen LogP contribution is -2.54. The maximum absolute atomic E-state index is 12.5. The summed E-state index contributed by atoms with van der Waals surface area (Å²) < 4.78 is 13.1. The first-order valence-electron chi connectivity index (χ1n) is 9.71. The number of nitrogens with zero attached hydrogens (tertiary/aromatic N) is 5. The van der Waals surface area contributed by atoms with E-state index in [1.165, 1.54) is 6.20 Å². The number of nitro groups is 1. The first-order chi connectivity index (χ1) is 14.7. The molecule has 1 aromatic carbocycles. The molecule has 0 spiro atoms. The van der Waals surface area contributed by atoms with Gasteiger partial charge in [-0.25, -0.2) is 0 Å². The average Bonchev–Trinajstić information content (AvgIpc) is 3.24. The zero-order chi connectivity index (χ0) is 22.2. The highest BCUT2D eigenvalue weighted by Crippen LogP contribution is 2.31. The third kappa shape index (κ3) is 4.86. The van der Waals surface area contributed by atoms with E-state index >= 15 is 0 Å². The molecular weight excluding hydrogens is 449 g/mol. The standard InChI is InChI=1S/C19H21Cl2N5O5/c1-19(12-25-9-16(26(28)29)22-18(25)31-19)11-23-4-6-24(7-5-23)17(27)10-30-13-2-3-14(20)15(21)8-13/h2-3,8-9H,4-7,10-12H2,1H3/t19-/m0/s1. The minimum Gasteiger partial charge on any atom is -0.484 e. The Morgan fingerprint density at radius 3 is 2.68 bits per heavy atom. The molecule has 31 heavy (non-hydrogen) atoms. The van der Waals surface area contributed by atoms with E-state index in [2.05, 4.69) is 9.88 Å². The van der Waals surface area contributed by atoms with Crippen molar-refractivity contribution in [3.63, 3.8) is 0 Å². The molecule has 0 radical (unpaired) electrons. The second-order valence-electron chi connectivity index (χ2n) is 7.84. The van der Waals surface area contributed by atoms with E-state index in [1.54, 1.807) is 27.7 Å². The Balaban J connectivity index is 1.24. The average molecular weight is 470 g/mol. The summed E-state index contributed by atoms with van der Waals surface area (Å²) in [6.45, 7) is 5.55. The van der Waals surface area contributed by atoms with E-state index in [-0.39, 0.29) is 24.3 Å². The summed E-state index contributed by atoms with van der Waals surface area (Å²) in [7, 11) is 0. The van der Waals surface area contributed by atoms with Crippen LogP contribution in [0.5, 0.6) is 11.8 Å². The zero-order valence-electron chi connectivity index (χ0n) is 16.8. The summed E-state index contributed by atoms with van der Waals surface area (Å²) in [4.78, 5) is 30.7. The predicted octanol–water partition coefficient (Wildman–Crippen LogP) is 2.47. The second kappa shape index (κ2) is 8.52. The molecule has 0 unspecified atom stereocenters. The molecule has 2 aliphatic rings. The van der Waals surface area contributed by atoms with Gasteiger partial charge in [-0.05, 0) is 24.0 Å². The number of aromatic nitrogens is 2. The summed E-state index contributed by atoms with van der Waals surface area (Å²) >= 11 is 11.8. The maximum Gasteiger partial charge on any atom is 0.415 e. The van der Waals surface area contributed by atoms with Crippen molar-refractivity contribution in [2.75, 3.05) is 39.3 Å². The van der Waals surface area contributed by atoms with E-state index < -0.39 is 10.5 Å². The molecule has 0 bridgehead atoms. The Hall–Kier alpha value is -2.56. The number of rotatable bonds is 6. The minimum absolute atomic E-state index is 0.0707. The number of fused-ring (bicyclic) bond motifs is 1. The molecule has 10 nitrogen and oxygen atoms in total. The monoisotopic (exact) mass is 469 g/mol. The molecule has 1 atom stereocenters. The van der Waals surface area contributed by atoms with Crippen LogP contribution in [0.2, 0.25) is 10.0 Å². The lowest BCUT2D eigenvalue weighted by Gasteiger charge is -2.37. The number of carbonyl (C=O) groups is 1. The fourth-order valence-corrected chi connectivity index (χ4v) is 4.08. The molecule has 1 aromatic heterocycles. The first kappa shape index (κ1) is 21.7. The zero-order valence-corrected chi connectivity index (χ0v) is 18.3. The van der Waals surface area contributed by atoms with Gasteiger partial charge < -0.3 is 24.5 Å². The molecule has 166 valence electrons. The van der Waals surface area contributed by atoms with Crippen molar-refractivity contribution >= 4 is 34.9 Å². The Morgan fingerprint density at radius 2 is 2.03 bits per heavy atom. The van der Waals surface area contributed by atoms with E-state index in [4.69, 9.17) is 32.7 Å². The molecule has 2 aliphatic heterocycles. The number of amides is 1. The van der Waals surface area contributed by atoms with Gasteiger partial charge in [0, 0.05) is 43.8 Å². The Kier molecular flexibility index (Phi) is 5.96. The van der Waals surface area contributed by atoms with E-state index in [0.29, 0.717) is 55.1 Å². The molecule has 1 fully saturated rings. The lowest BCUT2D eigenvalue weighted by molar-refractivity contribution is -0.389. The van der Waals surface area contributed by atoms with Crippen LogP contribution in [-0.4, -0.2) is 75.1 Å². The Labute approximate surface area is 188 Å². The summed E-state index contributed by atoms with van der Waals surface area (Å²) in [5.41, 5.74) is -0.527. The van der Waals surface area contributed by atoms with E-state index in [9.17, 15) is 14.9 Å². The van der Waals surface area contributed by atoms with Crippen LogP contribution in [0.1, 0.15) is 6.92 Å². The SMILES string of the molecule is C[C@]1(CN2CCN(C(=O)COc3ccc(Cl)c(Cl)c3)CC2)Cn2cc([N+](=O)[O-])nc2O1. The predicted molar refractivity (Wildman–Crippen MR) is 113 cm³/mol. The summed E-state index contributed by atoms with van der Waals surface area (Å²) in [6, 6.07) is 5.14. The molecule has 0 N–H and O–H groups in total. The topological polar surface area (TPSA) is 103 Å². The Bertz CT molecular complexity index is 982. The van der Waals surface area contributed by atoms with Gasteiger partial charge in [0.25, 0.3) is 5.91 Å². The van der Waals surface area contributed by atoms with Crippen molar-refractivity contribution in [2.24, 2.45) is 0 Å². The number of imidazole rings is 1. The van der Waals surface area contributed by atoms with Crippen LogP contribution in [0.25, 0.3) is 0 Å². The third-order valence-electron chi connectivity index (χ3n) is 5.29. The molecule has 1 saturated heterocycles. The highest BCUT2D eigenvalue weighted by Gasteiger charge is 2.42. The van der Waals surface area contributed by atoms with Crippen LogP contribution in [0.3, 0.4) is 0 Å². The fraction of sp³-hybridized carbons (Fsp3) is 0.474. The fourth-order valence-electron chi connectivity index (χ4n) is 3.80. The van der Waals surface area contributed by atoms with Gasteiger partial charge in [-0.15, -0.1) is 0 Å². The smallest absolute Gasteiger partial charge is 0.415 e. The highest BCUT2D eigenvalue weighted by atomic mass is 35.5. The third-order valence-corrected chi connectivity index (χ3v) is 6.03. The van der Waals surface area contributed by atoms with Crippen molar-refractivity contribution in [1.82, 2.24) is 19.4 Å². The molecule has 0 aliphatic carbocycles. The molecular formula is C19H21Cl2N5O5. The molecule has 2 aromatic rings. The number of benzene rings is 1. The van der Waals surface area contributed by atoms with Crippen LogP contribution in [0.4, 0.5) is 5.82 Å². The molecule has 12 heteroatoms.